The van der Waals surface area contributed by atoms with Crippen molar-refractivity contribution >= 4 is 17.5 Å². The third-order valence-electron chi connectivity index (χ3n) is 5.34. The maximum atomic E-state index is 12.6. The molecular formula is C20H29N3O2. The molecule has 2 amide bonds. The normalized spacial score (nSPS) is 21.1. The third kappa shape index (κ3) is 4.33. The number of nitrogens with zero attached hydrogens (tertiary/aromatic N) is 3. The van der Waals surface area contributed by atoms with Crippen molar-refractivity contribution in [1.29, 1.82) is 0 Å². The van der Waals surface area contributed by atoms with E-state index in [1.165, 1.54) is 11.3 Å². The Kier molecular flexibility index (Phi) is 5.61. The molecule has 1 atom stereocenters. The molecule has 5 heteroatoms. The molecule has 136 valence electrons. The molecule has 2 saturated heterocycles. The zero-order valence-electron chi connectivity index (χ0n) is 15.4. The van der Waals surface area contributed by atoms with Gasteiger partial charge in [0.05, 0.1) is 0 Å². The van der Waals surface area contributed by atoms with E-state index in [1.54, 1.807) is 0 Å². The first kappa shape index (κ1) is 17.8. The van der Waals surface area contributed by atoms with Gasteiger partial charge in [-0.05, 0) is 38.8 Å². The van der Waals surface area contributed by atoms with E-state index in [2.05, 4.69) is 43.0 Å². The monoisotopic (exact) mass is 343 g/mol. The predicted molar refractivity (Wildman–Crippen MR) is 99.6 cm³/mol. The molecule has 2 aliphatic heterocycles. The fourth-order valence-electron chi connectivity index (χ4n) is 3.82. The summed E-state index contributed by atoms with van der Waals surface area (Å²) in [6, 6.07) is 8.81. The molecule has 0 aliphatic carbocycles. The van der Waals surface area contributed by atoms with Crippen LogP contribution in [0.3, 0.4) is 0 Å². The van der Waals surface area contributed by atoms with Crippen molar-refractivity contribution in [3.8, 4) is 0 Å². The van der Waals surface area contributed by atoms with Gasteiger partial charge in [-0.15, -0.1) is 0 Å². The summed E-state index contributed by atoms with van der Waals surface area (Å²) in [4.78, 5) is 30.4. The number of benzene rings is 1. The molecule has 25 heavy (non-hydrogen) atoms. The number of rotatable bonds is 5. The lowest BCUT2D eigenvalue weighted by atomic mass is 10.1. The molecule has 0 unspecified atom stereocenters. The van der Waals surface area contributed by atoms with Gasteiger partial charge in [0.15, 0.2) is 0 Å². The van der Waals surface area contributed by atoms with Gasteiger partial charge in [0, 0.05) is 57.3 Å². The first-order valence-corrected chi connectivity index (χ1v) is 9.43. The van der Waals surface area contributed by atoms with E-state index in [4.69, 9.17) is 0 Å². The second kappa shape index (κ2) is 7.89. The summed E-state index contributed by atoms with van der Waals surface area (Å²) in [5.74, 6) is 0.468. The molecule has 0 N–H and O–H groups in total. The van der Waals surface area contributed by atoms with Crippen LogP contribution in [0.2, 0.25) is 0 Å². The Hall–Kier alpha value is -2.04. The van der Waals surface area contributed by atoms with E-state index in [0.717, 1.165) is 45.6 Å². The number of likely N-dealkylation sites (tertiary alicyclic amines) is 1. The molecule has 1 aromatic rings. The highest BCUT2D eigenvalue weighted by atomic mass is 16.2. The van der Waals surface area contributed by atoms with E-state index in [9.17, 15) is 9.59 Å². The van der Waals surface area contributed by atoms with Crippen LogP contribution in [0.25, 0.3) is 0 Å². The number of amides is 2. The lowest BCUT2D eigenvalue weighted by Gasteiger charge is -2.41. The molecule has 2 heterocycles. The maximum absolute atomic E-state index is 12.6. The largest absolute Gasteiger partial charge is 0.368 e. The van der Waals surface area contributed by atoms with Crippen LogP contribution >= 0.6 is 0 Å². The van der Waals surface area contributed by atoms with E-state index in [1.807, 2.05) is 9.80 Å². The van der Waals surface area contributed by atoms with Crippen molar-refractivity contribution in [3.05, 3.63) is 29.8 Å². The Labute approximate surface area is 150 Å². The van der Waals surface area contributed by atoms with Crippen molar-refractivity contribution in [2.45, 2.75) is 45.6 Å². The van der Waals surface area contributed by atoms with E-state index in [0.29, 0.717) is 12.8 Å². The zero-order chi connectivity index (χ0) is 17.8. The molecule has 5 nitrogen and oxygen atoms in total. The third-order valence-corrected chi connectivity index (χ3v) is 5.34. The van der Waals surface area contributed by atoms with Gasteiger partial charge in [0.25, 0.3) is 0 Å². The molecule has 0 bridgehead atoms. The molecule has 2 fully saturated rings. The van der Waals surface area contributed by atoms with Gasteiger partial charge >= 0.3 is 0 Å². The molecule has 0 saturated carbocycles. The number of hydrogen-bond acceptors (Lipinski definition) is 3. The van der Waals surface area contributed by atoms with Crippen molar-refractivity contribution < 1.29 is 9.59 Å². The lowest BCUT2D eigenvalue weighted by Crippen LogP contribution is -2.54. The highest BCUT2D eigenvalue weighted by Crippen LogP contribution is 2.20. The topological polar surface area (TPSA) is 43.9 Å². The fraction of sp³-hybridized carbons (Fsp3) is 0.600. The summed E-state index contributed by atoms with van der Waals surface area (Å²) in [7, 11) is 0. The molecule has 3 rings (SSSR count). The average molecular weight is 343 g/mol. The van der Waals surface area contributed by atoms with Gasteiger partial charge < -0.3 is 14.7 Å². The van der Waals surface area contributed by atoms with Crippen LogP contribution in [0.5, 0.6) is 0 Å². The summed E-state index contributed by atoms with van der Waals surface area (Å²) in [6.45, 7) is 8.33. The molecular weight excluding hydrogens is 314 g/mol. The van der Waals surface area contributed by atoms with Crippen molar-refractivity contribution in [3.63, 3.8) is 0 Å². The average Bonchev–Trinajstić information content (AvgIpc) is 3.00. The molecule has 0 aromatic heterocycles. The highest BCUT2D eigenvalue weighted by Gasteiger charge is 2.27. The second-order valence-corrected chi connectivity index (χ2v) is 7.31. The van der Waals surface area contributed by atoms with Gasteiger partial charge in [-0.3, -0.25) is 9.59 Å². The summed E-state index contributed by atoms with van der Waals surface area (Å²) >= 11 is 0. The van der Waals surface area contributed by atoms with Gasteiger partial charge in [-0.1, -0.05) is 17.7 Å². The van der Waals surface area contributed by atoms with E-state index >= 15 is 0 Å². The Balaban J connectivity index is 1.46. The number of carbonyl (C=O) groups is 2. The quantitative estimate of drug-likeness (QED) is 0.825. The number of anilines is 1. The molecule has 0 spiro atoms. The standard InChI is InChI=1S/C20H29N3O2/c1-16-7-9-18(10-8-16)22-13-14-23(17(2)15-22)20(25)6-4-12-21-11-3-5-19(21)24/h7-10,17H,3-6,11-15H2,1-2H3/t17-/m0/s1. The Morgan fingerprint density at radius 2 is 1.92 bits per heavy atom. The molecule has 1 aromatic carbocycles. The van der Waals surface area contributed by atoms with Crippen molar-refractivity contribution in [1.82, 2.24) is 9.80 Å². The lowest BCUT2D eigenvalue weighted by molar-refractivity contribution is -0.134. The first-order chi connectivity index (χ1) is 12.0. The fourth-order valence-corrected chi connectivity index (χ4v) is 3.82. The molecule has 0 radical (unpaired) electrons. The van der Waals surface area contributed by atoms with Gasteiger partial charge in [0.2, 0.25) is 11.8 Å². The van der Waals surface area contributed by atoms with Crippen LogP contribution in [-0.2, 0) is 9.59 Å². The summed E-state index contributed by atoms with van der Waals surface area (Å²) in [5.41, 5.74) is 2.50. The number of aryl methyl sites for hydroxylation is 1. The highest BCUT2D eigenvalue weighted by molar-refractivity contribution is 5.78. The Morgan fingerprint density at radius 3 is 2.56 bits per heavy atom. The predicted octanol–water partition coefficient (Wildman–Crippen LogP) is 2.43. The number of carbonyl (C=O) groups excluding carboxylic acids is 2. The van der Waals surface area contributed by atoms with Gasteiger partial charge in [-0.2, -0.15) is 0 Å². The van der Waals surface area contributed by atoms with Crippen LogP contribution in [0.1, 0.15) is 38.2 Å². The SMILES string of the molecule is Cc1ccc(N2CCN(C(=O)CCCN3CCCC3=O)[C@@H](C)C2)cc1. The van der Waals surface area contributed by atoms with Gasteiger partial charge in [0.1, 0.15) is 0 Å². The Morgan fingerprint density at radius 1 is 1.16 bits per heavy atom. The minimum atomic E-state index is 0.218. The van der Waals surface area contributed by atoms with E-state index < -0.39 is 0 Å². The van der Waals surface area contributed by atoms with Crippen LogP contribution < -0.4 is 4.90 Å². The van der Waals surface area contributed by atoms with Crippen LogP contribution in [-0.4, -0.2) is 60.4 Å². The van der Waals surface area contributed by atoms with Crippen LogP contribution in [0.15, 0.2) is 24.3 Å². The smallest absolute Gasteiger partial charge is 0.222 e. The van der Waals surface area contributed by atoms with E-state index in [-0.39, 0.29) is 17.9 Å². The van der Waals surface area contributed by atoms with Crippen LogP contribution in [0, 0.1) is 6.92 Å². The van der Waals surface area contributed by atoms with Crippen molar-refractivity contribution in [2.75, 3.05) is 37.6 Å². The summed E-state index contributed by atoms with van der Waals surface area (Å²) in [5, 5.41) is 0. The minimum absolute atomic E-state index is 0.218. The summed E-state index contributed by atoms with van der Waals surface area (Å²) in [6.07, 6.45) is 2.95. The maximum Gasteiger partial charge on any atom is 0.222 e. The Bertz CT molecular complexity index is 614. The van der Waals surface area contributed by atoms with Gasteiger partial charge in [-0.25, -0.2) is 0 Å². The second-order valence-electron chi connectivity index (χ2n) is 7.31. The number of piperazine rings is 1. The zero-order valence-corrected chi connectivity index (χ0v) is 15.4. The minimum Gasteiger partial charge on any atom is -0.368 e. The summed E-state index contributed by atoms with van der Waals surface area (Å²) < 4.78 is 0. The van der Waals surface area contributed by atoms with Crippen molar-refractivity contribution in [2.24, 2.45) is 0 Å². The molecule has 2 aliphatic rings. The van der Waals surface area contributed by atoms with Crippen LogP contribution in [0.4, 0.5) is 5.69 Å². The number of hydrogen-bond donors (Lipinski definition) is 0. The first-order valence-electron chi connectivity index (χ1n) is 9.43.